The number of amides is 2. The van der Waals surface area contributed by atoms with Crippen LogP contribution in [0.2, 0.25) is 0 Å². The van der Waals surface area contributed by atoms with Crippen LogP contribution in [-0.4, -0.2) is 73.0 Å². The van der Waals surface area contributed by atoms with Gasteiger partial charge in [0.1, 0.15) is 12.6 Å². The molecule has 9 nitrogen and oxygen atoms in total. The summed E-state index contributed by atoms with van der Waals surface area (Å²) in [4.78, 5) is 26.2. The molecule has 3 rings (SSSR count). The highest BCUT2D eigenvalue weighted by molar-refractivity contribution is 7.91. The minimum atomic E-state index is -4.44. The van der Waals surface area contributed by atoms with Crippen molar-refractivity contribution in [3.63, 3.8) is 0 Å². The standard InChI is InChI=1S/C22H29F3N4O5S/c1-21(2,3)18(20(31)26-14-8-11-35(32,33)12-14)27-19(30)17-15-6-4-5-7-16(15)29(28-17)9-10-34-13-22(23,24)25/h4-7,14,18H,8-13H2,1-3H3,(H,26,31)(H,27,30). The number of nitrogens with zero attached hydrogens (tertiary/aromatic N) is 2. The number of rotatable bonds is 8. The number of hydrogen-bond donors (Lipinski definition) is 2. The van der Waals surface area contributed by atoms with Crippen molar-refractivity contribution in [1.29, 1.82) is 0 Å². The molecule has 1 aliphatic rings. The summed E-state index contributed by atoms with van der Waals surface area (Å²) in [5, 5.41) is 10.2. The van der Waals surface area contributed by atoms with Crippen molar-refractivity contribution in [1.82, 2.24) is 20.4 Å². The number of fused-ring (bicyclic) bond motifs is 1. The smallest absolute Gasteiger partial charge is 0.370 e. The van der Waals surface area contributed by atoms with E-state index in [4.69, 9.17) is 0 Å². The van der Waals surface area contributed by atoms with Gasteiger partial charge < -0.3 is 15.4 Å². The predicted octanol–water partition coefficient (Wildman–Crippen LogP) is 2.06. The Morgan fingerprint density at radius 1 is 1.23 bits per heavy atom. The molecule has 0 aliphatic carbocycles. The third-order valence-electron chi connectivity index (χ3n) is 5.57. The van der Waals surface area contributed by atoms with Crippen molar-refractivity contribution >= 4 is 32.6 Å². The highest BCUT2D eigenvalue weighted by Gasteiger charge is 2.37. The Morgan fingerprint density at radius 2 is 1.91 bits per heavy atom. The zero-order valence-electron chi connectivity index (χ0n) is 19.7. The molecule has 2 amide bonds. The monoisotopic (exact) mass is 518 g/mol. The number of aromatic nitrogens is 2. The van der Waals surface area contributed by atoms with E-state index >= 15 is 0 Å². The summed E-state index contributed by atoms with van der Waals surface area (Å²) >= 11 is 0. The molecule has 35 heavy (non-hydrogen) atoms. The molecule has 2 heterocycles. The lowest BCUT2D eigenvalue weighted by Gasteiger charge is -2.31. The number of hydrogen-bond acceptors (Lipinski definition) is 6. The van der Waals surface area contributed by atoms with Gasteiger partial charge in [-0.1, -0.05) is 39.0 Å². The molecule has 0 spiro atoms. The molecule has 2 unspecified atom stereocenters. The highest BCUT2D eigenvalue weighted by Crippen LogP contribution is 2.23. The second-order valence-electron chi connectivity index (χ2n) is 9.64. The average Bonchev–Trinajstić information content (AvgIpc) is 3.27. The van der Waals surface area contributed by atoms with Gasteiger partial charge in [0.15, 0.2) is 15.5 Å². The SMILES string of the molecule is CC(C)(C)C(NC(=O)c1nn(CCOCC(F)(F)F)c2ccccc12)C(=O)NC1CCS(=O)(=O)C1. The van der Waals surface area contributed by atoms with E-state index in [1.54, 1.807) is 45.0 Å². The lowest BCUT2D eigenvalue weighted by atomic mass is 9.85. The summed E-state index contributed by atoms with van der Waals surface area (Å²) in [6.45, 7) is 3.63. The molecule has 0 radical (unpaired) electrons. The van der Waals surface area contributed by atoms with E-state index in [0.717, 1.165) is 0 Å². The third kappa shape index (κ3) is 7.17. The normalized spacial score (nSPS) is 19.0. The molecule has 0 saturated carbocycles. The van der Waals surface area contributed by atoms with Crippen LogP contribution >= 0.6 is 0 Å². The Morgan fingerprint density at radius 3 is 2.51 bits per heavy atom. The van der Waals surface area contributed by atoms with Crippen LogP contribution in [0.15, 0.2) is 24.3 Å². The van der Waals surface area contributed by atoms with Crippen molar-refractivity contribution in [2.45, 2.75) is 52.0 Å². The molecule has 2 atom stereocenters. The van der Waals surface area contributed by atoms with Gasteiger partial charge in [-0.25, -0.2) is 8.42 Å². The first-order valence-electron chi connectivity index (χ1n) is 11.1. The Hall–Kier alpha value is -2.67. The van der Waals surface area contributed by atoms with Crippen molar-refractivity contribution < 1.29 is 35.9 Å². The number of benzene rings is 1. The maximum atomic E-state index is 13.2. The maximum Gasteiger partial charge on any atom is 0.411 e. The van der Waals surface area contributed by atoms with Gasteiger partial charge >= 0.3 is 6.18 Å². The second-order valence-corrected chi connectivity index (χ2v) is 11.9. The molecular weight excluding hydrogens is 489 g/mol. The van der Waals surface area contributed by atoms with Gasteiger partial charge in [0.25, 0.3) is 5.91 Å². The zero-order valence-corrected chi connectivity index (χ0v) is 20.5. The summed E-state index contributed by atoms with van der Waals surface area (Å²) < 4.78 is 66.5. The first kappa shape index (κ1) is 26.9. The van der Waals surface area contributed by atoms with Gasteiger partial charge in [0, 0.05) is 11.4 Å². The predicted molar refractivity (Wildman–Crippen MR) is 123 cm³/mol. The van der Waals surface area contributed by atoms with E-state index < -0.39 is 51.9 Å². The van der Waals surface area contributed by atoms with Crippen LogP contribution < -0.4 is 10.6 Å². The summed E-state index contributed by atoms with van der Waals surface area (Å²) in [6.07, 6.45) is -4.13. The van der Waals surface area contributed by atoms with Crippen LogP contribution in [0.1, 0.15) is 37.7 Å². The Kier molecular flexibility index (Phi) is 7.80. The minimum absolute atomic E-state index is 0.000595. The highest BCUT2D eigenvalue weighted by atomic mass is 32.2. The topological polar surface area (TPSA) is 119 Å². The van der Waals surface area contributed by atoms with Gasteiger partial charge in [0.2, 0.25) is 5.91 Å². The Bertz CT molecular complexity index is 1190. The number of nitrogens with one attached hydrogen (secondary N) is 2. The summed E-state index contributed by atoms with van der Waals surface area (Å²) in [6, 6.07) is 5.22. The van der Waals surface area contributed by atoms with Crippen LogP contribution in [0.3, 0.4) is 0 Å². The number of halogens is 3. The maximum absolute atomic E-state index is 13.2. The molecule has 1 aromatic carbocycles. The quantitative estimate of drug-likeness (QED) is 0.517. The number of ether oxygens (including phenoxy) is 1. The van der Waals surface area contributed by atoms with E-state index in [-0.39, 0.29) is 30.4 Å². The van der Waals surface area contributed by atoms with E-state index in [2.05, 4.69) is 20.5 Å². The number of sulfone groups is 1. The second kappa shape index (κ2) is 10.1. The van der Waals surface area contributed by atoms with Crippen LogP contribution in [0.4, 0.5) is 13.2 Å². The summed E-state index contributed by atoms with van der Waals surface area (Å²) in [5.41, 5.74) is -0.163. The Balaban J connectivity index is 1.76. The molecule has 1 aromatic heterocycles. The summed E-state index contributed by atoms with van der Waals surface area (Å²) in [5.74, 6) is -1.28. The average molecular weight is 519 g/mol. The van der Waals surface area contributed by atoms with E-state index in [1.807, 2.05) is 0 Å². The van der Waals surface area contributed by atoms with Gasteiger partial charge in [-0.05, 0) is 17.9 Å². The van der Waals surface area contributed by atoms with E-state index in [9.17, 15) is 31.2 Å². The fourth-order valence-corrected chi connectivity index (χ4v) is 5.55. The molecular formula is C22H29F3N4O5S. The van der Waals surface area contributed by atoms with Crippen molar-refractivity contribution in [2.24, 2.45) is 5.41 Å². The van der Waals surface area contributed by atoms with Gasteiger partial charge in [-0.15, -0.1) is 0 Å². The number of carbonyl (C=O) groups is 2. The number of alkyl halides is 3. The lowest BCUT2D eigenvalue weighted by molar-refractivity contribution is -0.174. The van der Waals surface area contributed by atoms with Crippen molar-refractivity contribution in [3.05, 3.63) is 30.0 Å². The molecule has 2 aromatic rings. The zero-order chi connectivity index (χ0) is 26.0. The fraction of sp³-hybridized carbons (Fsp3) is 0.591. The first-order chi connectivity index (χ1) is 16.2. The molecule has 1 aliphatic heterocycles. The number of carbonyl (C=O) groups excluding carboxylic acids is 2. The van der Waals surface area contributed by atoms with Crippen LogP contribution in [0.25, 0.3) is 10.9 Å². The first-order valence-corrected chi connectivity index (χ1v) is 12.9. The van der Waals surface area contributed by atoms with Gasteiger partial charge in [0.05, 0.1) is 30.2 Å². The van der Waals surface area contributed by atoms with Crippen LogP contribution in [0.5, 0.6) is 0 Å². The lowest BCUT2D eigenvalue weighted by Crippen LogP contribution is -2.55. The summed E-state index contributed by atoms with van der Waals surface area (Å²) in [7, 11) is -3.20. The molecule has 13 heteroatoms. The van der Waals surface area contributed by atoms with Crippen LogP contribution in [0, 0.1) is 5.41 Å². The fourth-order valence-electron chi connectivity index (χ4n) is 3.87. The minimum Gasteiger partial charge on any atom is -0.370 e. The van der Waals surface area contributed by atoms with Gasteiger partial charge in [-0.3, -0.25) is 14.3 Å². The largest absolute Gasteiger partial charge is 0.411 e. The van der Waals surface area contributed by atoms with Crippen molar-refractivity contribution in [2.75, 3.05) is 24.7 Å². The Labute approximate surface area is 201 Å². The van der Waals surface area contributed by atoms with E-state index in [1.165, 1.54) is 4.68 Å². The molecule has 1 fully saturated rings. The molecule has 194 valence electrons. The number of para-hydroxylation sites is 1. The van der Waals surface area contributed by atoms with Gasteiger partial charge in [-0.2, -0.15) is 18.3 Å². The molecule has 2 N–H and O–H groups in total. The third-order valence-corrected chi connectivity index (χ3v) is 7.34. The van der Waals surface area contributed by atoms with Crippen molar-refractivity contribution in [3.8, 4) is 0 Å². The molecule has 0 bridgehead atoms. The van der Waals surface area contributed by atoms with Crippen LogP contribution in [-0.2, 0) is 25.9 Å². The molecule has 1 saturated heterocycles. The van der Waals surface area contributed by atoms with E-state index in [0.29, 0.717) is 17.3 Å².